The van der Waals surface area contributed by atoms with Crippen molar-refractivity contribution in [1.82, 2.24) is 10.2 Å². The minimum atomic E-state index is -1.10. The minimum Gasteiger partial charge on any atom is -0.476 e. The Hall–Kier alpha value is -1.23. The Morgan fingerprint density at radius 1 is 1.69 bits per heavy atom. The zero-order chi connectivity index (χ0) is 9.42. The number of hydrogen-bond donors (Lipinski definition) is 3. The van der Waals surface area contributed by atoms with Gasteiger partial charge in [-0.3, -0.25) is 5.10 Å². The van der Waals surface area contributed by atoms with Gasteiger partial charge in [0.25, 0.3) is 0 Å². The summed E-state index contributed by atoms with van der Waals surface area (Å²) < 4.78 is 0. The Balaban J connectivity index is 2.21. The van der Waals surface area contributed by atoms with Crippen molar-refractivity contribution >= 4 is 23.4 Å². The van der Waals surface area contributed by atoms with Crippen LogP contribution in [-0.2, 0) is 0 Å². The van der Waals surface area contributed by atoms with Gasteiger partial charge in [-0.25, -0.2) is 4.79 Å². The monoisotopic (exact) mass is 201 g/mol. The van der Waals surface area contributed by atoms with Crippen LogP contribution in [0.5, 0.6) is 0 Å². The van der Waals surface area contributed by atoms with E-state index in [0.29, 0.717) is 11.9 Å². The molecule has 70 valence electrons. The van der Waals surface area contributed by atoms with Crippen molar-refractivity contribution in [2.24, 2.45) is 0 Å². The standard InChI is InChI=1S/C7H8ClN3O2/c8-4-5(7(12)13)10-11-6(4)9-3-1-2-3/h3H,1-2H2,(H,12,13)(H2,9,10,11). The number of carbonyl (C=O) groups is 1. The van der Waals surface area contributed by atoms with E-state index in [1.165, 1.54) is 0 Å². The molecule has 0 atom stereocenters. The van der Waals surface area contributed by atoms with Crippen LogP contribution in [0.25, 0.3) is 0 Å². The van der Waals surface area contributed by atoms with Crippen molar-refractivity contribution in [3.63, 3.8) is 0 Å². The normalized spacial score (nSPS) is 15.8. The molecule has 1 saturated carbocycles. The van der Waals surface area contributed by atoms with Gasteiger partial charge in [0.1, 0.15) is 5.02 Å². The van der Waals surface area contributed by atoms with Gasteiger partial charge in [-0.2, -0.15) is 5.10 Å². The quantitative estimate of drug-likeness (QED) is 0.690. The van der Waals surface area contributed by atoms with E-state index in [1.54, 1.807) is 0 Å². The second-order valence-electron chi connectivity index (χ2n) is 2.98. The van der Waals surface area contributed by atoms with Gasteiger partial charge in [-0.15, -0.1) is 0 Å². The second-order valence-corrected chi connectivity index (χ2v) is 3.36. The molecule has 13 heavy (non-hydrogen) atoms. The van der Waals surface area contributed by atoms with Crippen molar-refractivity contribution in [2.45, 2.75) is 18.9 Å². The van der Waals surface area contributed by atoms with E-state index in [1.807, 2.05) is 0 Å². The molecule has 0 amide bonds. The first-order valence-electron chi connectivity index (χ1n) is 3.92. The lowest BCUT2D eigenvalue weighted by Gasteiger charge is -1.97. The van der Waals surface area contributed by atoms with Gasteiger partial charge in [0.05, 0.1) is 0 Å². The minimum absolute atomic E-state index is 0.0650. The number of carboxylic acid groups (broad SMARTS) is 1. The lowest BCUT2D eigenvalue weighted by molar-refractivity contribution is 0.0690. The zero-order valence-electron chi connectivity index (χ0n) is 6.67. The lowest BCUT2D eigenvalue weighted by atomic mass is 10.4. The topological polar surface area (TPSA) is 78.0 Å². The van der Waals surface area contributed by atoms with Gasteiger partial charge in [-0.05, 0) is 12.8 Å². The Kier molecular flexibility index (Phi) is 1.88. The molecule has 6 heteroatoms. The van der Waals surface area contributed by atoms with E-state index >= 15 is 0 Å². The van der Waals surface area contributed by atoms with Gasteiger partial charge < -0.3 is 10.4 Å². The Bertz CT molecular complexity index is 346. The highest BCUT2D eigenvalue weighted by Crippen LogP contribution is 2.29. The van der Waals surface area contributed by atoms with Crippen LogP contribution in [0.2, 0.25) is 5.02 Å². The summed E-state index contributed by atoms with van der Waals surface area (Å²) in [4.78, 5) is 10.6. The molecule has 0 bridgehead atoms. The van der Waals surface area contributed by atoms with Crippen LogP contribution in [0.1, 0.15) is 23.3 Å². The van der Waals surface area contributed by atoms with Crippen molar-refractivity contribution in [2.75, 3.05) is 5.32 Å². The van der Waals surface area contributed by atoms with Gasteiger partial charge in [0.15, 0.2) is 11.5 Å². The Morgan fingerprint density at radius 3 is 2.85 bits per heavy atom. The molecular formula is C7H8ClN3O2. The Morgan fingerprint density at radius 2 is 2.38 bits per heavy atom. The predicted molar refractivity (Wildman–Crippen MR) is 47.2 cm³/mol. The zero-order valence-corrected chi connectivity index (χ0v) is 7.43. The summed E-state index contributed by atoms with van der Waals surface area (Å²) >= 11 is 5.75. The first kappa shape index (κ1) is 8.37. The number of aromatic nitrogens is 2. The maximum atomic E-state index is 10.6. The smallest absolute Gasteiger partial charge is 0.355 e. The molecule has 0 aliphatic heterocycles. The third-order valence-electron chi connectivity index (χ3n) is 1.84. The van der Waals surface area contributed by atoms with Gasteiger partial charge in [0, 0.05) is 6.04 Å². The number of nitrogens with zero attached hydrogens (tertiary/aromatic N) is 1. The SMILES string of the molecule is O=C(O)c1[nH]nc(NC2CC2)c1Cl. The summed E-state index contributed by atoms with van der Waals surface area (Å²) in [6.45, 7) is 0. The summed E-state index contributed by atoms with van der Waals surface area (Å²) in [5, 5.41) is 18.0. The van der Waals surface area contributed by atoms with E-state index < -0.39 is 5.97 Å². The molecule has 1 aromatic heterocycles. The molecule has 1 aromatic rings. The number of halogens is 1. The molecule has 3 N–H and O–H groups in total. The number of aromatic carboxylic acids is 1. The van der Waals surface area contributed by atoms with Crippen molar-refractivity contribution in [3.8, 4) is 0 Å². The number of carboxylic acids is 1. The fourth-order valence-electron chi connectivity index (χ4n) is 0.987. The van der Waals surface area contributed by atoms with Crippen LogP contribution in [0.4, 0.5) is 5.82 Å². The number of nitrogens with one attached hydrogen (secondary N) is 2. The first-order chi connectivity index (χ1) is 6.18. The third kappa shape index (κ3) is 1.60. The molecule has 2 rings (SSSR count). The van der Waals surface area contributed by atoms with E-state index in [-0.39, 0.29) is 10.7 Å². The van der Waals surface area contributed by atoms with Crippen molar-refractivity contribution < 1.29 is 9.90 Å². The average molecular weight is 202 g/mol. The van der Waals surface area contributed by atoms with Crippen LogP contribution in [0.15, 0.2) is 0 Å². The maximum Gasteiger partial charge on any atom is 0.355 e. The van der Waals surface area contributed by atoms with Crippen LogP contribution >= 0.6 is 11.6 Å². The molecule has 5 nitrogen and oxygen atoms in total. The average Bonchev–Trinajstić information content (AvgIpc) is 2.78. The lowest BCUT2D eigenvalue weighted by Crippen LogP contribution is -2.01. The highest BCUT2D eigenvalue weighted by Gasteiger charge is 2.25. The summed E-state index contributed by atoms with van der Waals surface area (Å²) in [6, 6.07) is 0.405. The van der Waals surface area contributed by atoms with Crippen LogP contribution in [-0.4, -0.2) is 27.3 Å². The fourth-order valence-corrected chi connectivity index (χ4v) is 1.21. The summed E-state index contributed by atoms with van der Waals surface area (Å²) in [5.41, 5.74) is -0.0650. The molecule has 0 radical (unpaired) electrons. The molecule has 0 spiro atoms. The summed E-state index contributed by atoms with van der Waals surface area (Å²) in [5.74, 6) is -0.664. The number of aromatic amines is 1. The molecule has 1 fully saturated rings. The van der Waals surface area contributed by atoms with Gasteiger partial charge in [0.2, 0.25) is 0 Å². The van der Waals surface area contributed by atoms with Gasteiger partial charge >= 0.3 is 5.97 Å². The molecule has 1 aliphatic rings. The van der Waals surface area contributed by atoms with Crippen LogP contribution in [0.3, 0.4) is 0 Å². The van der Waals surface area contributed by atoms with E-state index in [0.717, 1.165) is 12.8 Å². The fraction of sp³-hybridized carbons (Fsp3) is 0.429. The summed E-state index contributed by atoms with van der Waals surface area (Å²) in [7, 11) is 0. The molecule has 0 aromatic carbocycles. The second kappa shape index (κ2) is 2.92. The van der Waals surface area contributed by atoms with E-state index in [4.69, 9.17) is 16.7 Å². The number of hydrogen-bond acceptors (Lipinski definition) is 3. The highest BCUT2D eigenvalue weighted by atomic mass is 35.5. The van der Waals surface area contributed by atoms with Crippen LogP contribution in [0, 0.1) is 0 Å². The van der Waals surface area contributed by atoms with Crippen molar-refractivity contribution in [1.29, 1.82) is 0 Å². The maximum absolute atomic E-state index is 10.6. The number of rotatable bonds is 3. The number of anilines is 1. The number of H-pyrrole nitrogens is 1. The summed E-state index contributed by atoms with van der Waals surface area (Å²) in [6.07, 6.45) is 2.18. The Labute approximate surface area is 79.1 Å². The largest absolute Gasteiger partial charge is 0.476 e. The molecule has 0 unspecified atom stereocenters. The molecule has 0 saturated heterocycles. The van der Waals surface area contributed by atoms with Crippen LogP contribution < -0.4 is 5.32 Å². The van der Waals surface area contributed by atoms with E-state index in [9.17, 15) is 4.79 Å². The molecule has 1 heterocycles. The molecular weight excluding hydrogens is 194 g/mol. The predicted octanol–water partition coefficient (Wildman–Crippen LogP) is 1.34. The third-order valence-corrected chi connectivity index (χ3v) is 2.21. The van der Waals surface area contributed by atoms with Crippen molar-refractivity contribution in [3.05, 3.63) is 10.7 Å². The highest BCUT2D eigenvalue weighted by molar-refractivity contribution is 6.35. The van der Waals surface area contributed by atoms with E-state index in [2.05, 4.69) is 15.5 Å². The first-order valence-corrected chi connectivity index (χ1v) is 4.30. The van der Waals surface area contributed by atoms with Gasteiger partial charge in [-0.1, -0.05) is 11.6 Å². The molecule has 1 aliphatic carbocycles.